The van der Waals surface area contributed by atoms with E-state index in [9.17, 15) is 9.59 Å². The predicted molar refractivity (Wildman–Crippen MR) is 105 cm³/mol. The molecule has 6 aliphatic rings. The molecular weight excluding hydrogens is 352 g/mol. The molecule has 7 rings (SSSR count). The molecule has 0 radical (unpaired) electrons. The van der Waals surface area contributed by atoms with Crippen LogP contribution in [-0.2, 0) is 11.8 Å². The average molecular weight is 385 g/mol. The van der Waals surface area contributed by atoms with Crippen LogP contribution in [0.5, 0.6) is 0 Å². The molecule has 0 aromatic carbocycles. The molecule has 6 nitrogen and oxygen atoms in total. The van der Waals surface area contributed by atoms with E-state index in [0.717, 1.165) is 81.6 Å². The van der Waals surface area contributed by atoms with Gasteiger partial charge in [-0.05, 0) is 82.0 Å². The van der Waals surface area contributed by atoms with E-state index in [1.807, 2.05) is 4.57 Å². The van der Waals surface area contributed by atoms with E-state index < -0.39 is 0 Å². The van der Waals surface area contributed by atoms with Crippen LogP contribution < -0.4 is 5.69 Å². The van der Waals surface area contributed by atoms with Gasteiger partial charge in [-0.3, -0.25) is 9.36 Å². The van der Waals surface area contributed by atoms with Crippen molar-refractivity contribution in [3.05, 3.63) is 16.3 Å². The molecule has 5 saturated carbocycles. The molecule has 2 heterocycles. The highest BCUT2D eigenvalue weighted by molar-refractivity contribution is 5.83. The number of hydrogen-bond acceptors (Lipinski definition) is 3. The summed E-state index contributed by atoms with van der Waals surface area (Å²) in [5, 5.41) is 4.58. The van der Waals surface area contributed by atoms with Gasteiger partial charge in [0.2, 0.25) is 5.91 Å². The van der Waals surface area contributed by atoms with Crippen LogP contribution in [0.4, 0.5) is 0 Å². The van der Waals surface area contributed by atoms with Crippen molar-refractivity contribution in [3.63, 3.8) is 0 Å². The minimum absolute atomic E-state index is 0.0251. The van der Waals surface area contributed by atoms with Gasteiger partial charge in [0.15, 0.2) is 0 Å². The number of likely N-dealkylation sites (tertiary alicyclic amines) is 1. The molecule has 152 valence electrons. The van der Waals surface area contributed by atoms with Crippen LogP contribution in [0.25, 0.3) is 0 Å². The lowest BCUT2D eigenvalue weighted by Gasteiger charge is -2.57. The number of aromatic nitrogens is 3. The first-order valence-electron chi connectivity index (χ1n) is 11.5. The fraction of sp³-hybridized carbons (Fsp3) is 0.864. The van der Waals surface area contributed by atoms with E-state index in [1.54, 1.807) is 7.05 Å². The third-order valence-electron chi connectivity index (χ3n) is 8.53. The Morgan fingerprint density at radius 2 is 1.54 bits per heavy atom. The van der Waals surface area contributed by atoms with Crippen molar-refractivity contribution in [3.8, 4) is 0 Å². The van der Waals surface area contributed by atoms with Crippen molar-refractivity contribution < 1.29 is 4.79 Å². The van der Waals surface area contributed by atoms with Gasteiger partial charge in [-0.2, -0.15) is 5.10 Å². The van der Waals surface area contributed by atoms with Crippen molar-refractivity contribution in [1.82, 2.24) is 19.2 Å². The van der Waals surface area contributed by atoms with Crippen molar-refractivity contribution in [2.75, 3.05) is 13.1 Å². The molecule has 6 heteroatoms. The first-order valence-corrected chi connectivity index (χ1v) is 11.5. The van der Waals surface area contributed by atoms with Crippen molar-refractivity contribution in [2.24, 2.45) is 30.2 Å². The molecule has 1 amide bonds. The topological polar surface area (TPSA) is 60.1 Å². The molecule has 0 atom stereocenters. The van der Waals surface area contributed by atoms with Crippen LogP contribution in [0.1, 0.15) is 82.0 Å². The van der Waals surface area contributed by atoms with Gasteiger partial charge < -0.3 is 4.90 Å². The Hall–Kier alpha value is -1.59. The summed E-state index contributed by atoms with van der Waals surface area (Å²) in [6.45, 7) is 1.67. The molecule has 0 N–H and O–H groups in total. The molecule has 5 aliphatic carbocycles. The first kappa shape index (κ1) is 17.3. The molecule has 4 bridgehead atoms. The monoisotopic (exact) mass is 384 g/mol. The highest BCUT2D eigenvalue weighted by atomic mass is 16.2. The molecule has 6 fully saturated rings. The summed E-state index contributed by atoms with van der Waals surface area (Å²) in [5.41, 5.74) is 0.00691. The zero-order chi connectivity index (χ0) is 19.0. The van der Waals surface area contributed by atoms with Crippen LogP contribution in [0.3, 0.4) is 0 Å². The highest BCUT2D eigenvalue weighted by Gasteiger charge is 2.55. The number of nitrogens with zero attached hydrogens (tertiary/aromatic N) is 4. The molecule has 0 unspecified atom stereocenters. The summed E-state index contributed by atoms with van der Waals surface area (Å²) in [4.78, 5) is 28.2. The first-order chi connectivity index (χ1) is 13.5. The Bertz CT molecular complexity index is 821. The van der Waals surface area contributed by atoms with Crippen LogP contribution >= 0.6 is 0 Å². The fourth-order valence-electron chi connectivity index (χ4n) is 7.50. The van der Waals surface area contributed by atoms with Gasteiger partial charge in [-0.25, -0.2) is 9.48 Å². The third-order valence-corrected chi connectivity index (χ3v) is 8.53. The average Bonchev–Trinajstić information content (AvgIpc) is 3.46. The number of piperidine rings is 1. The molecule has 1 aromatic heterocycles. The summed E-state index contributed by atoms with van der Waals surface area (Å²) in [6, 6.07) is 0.364. The molecule has 0 spiro atoms. The Kier molecular flexibility index (Phi) is 3.68. The normalized spacial score (nSPS) is 37.6. The Morgan fingerprint density at radius 1 is 0.964 bits per heavy atom. The van der Waals surface area contributed by atoms with E-state index in [2.05, 4.69) is 10.00 Å². The van der Waals surface area contributed by atoms with Gasteiger partial charge in [-0.15, -0.1) is 0 Å². The second kappa shape index (κ2) is 5.96. The van der Waals surface area contributed by atoms with Crippen LogP contribution in [0.2, 0.25) is 0 Å². The Labute approximate surface area is 166 Å². The quantitative estimate of drug-likeness (QED) is 0.805. The number of hydrogen-bond donors (Lipinski definition) is 0. The van der Waals surface area contributed by atoms with Gasteiger partial charge in [0.1, 0.15) is 5.82 Å². The summed E-state index contributed by atoms with van der Waals surface area (Å²) in [6.07, 6.45) is 11.7. The maximum Gasteiger partial charge on any atom is 0.345 e. The number of aryl methyl sites for hydroxylation is 1. The van der Waals surface area contributed by atoms with Gasteiger partial charge in [-0.1, -0.05) is 0 Å². The van der Waals surface area contributed by atoms with Crippen LogP contribution in [-0.4, -0.2) is 38.2 Å². The van der Waals surface area contributed by atoms with Gasteiger partial charge >= 0.3 is 5.69 Å². The van der Waals surface area contributed by atoms with Gasteiger partial charge in [0, 0.05) is 32.1 Å². The van der Waals surface area contributed by atoms with E-state index >= 15 is 0 Å². The lowest BCUT2D eigenvalue weighted by atomic mass is 9.49. The second-order valence-electron chi connectivity index (χ2n) is 10.6. The Balaban J connectivity index is 1.18. The van der Waals surface area contributed by atoms with Gasteiger partial charge in [0.25, 0.3) is 0 Å². The van der Waals surface area contributed by atoms with Crippen LogP contribution in [0, 0.1) is 23.2 Å². The number of amides is 1. The lowest BCUT2D eigenvalue weighted by molar-refractivity contribution is -0.158. The molecule has 1 aromatic rings. The van der Waals surface area contributed by atoms with E-state index in [0.29, 0.717) is 17.9 Å². The maximum atomic E-state index is 13.6. The molecule has 1 saturated heterocycles. The zero-order valence-corrected chi connectivity index (χ0v) is 17.0. The highest BCUT2D eigenvalue weighted by Crippen LogP contribution is 2.60. The second-order valence-corrected chi connectivity index (χ2v) is 10.6. The SMILES string of the molecule is Cn1nc(C2CCN(C(=O)C34CC5CC(CC(C5)C3)C4)CC2)n(C2CC2)c1=O. The standard InChI is InChI=1S/C22H32N4O2/c1-24-21(28)26(18-2-3-18)19(23-24)17-4-6-25(7-5-17)20(27)22-11-14-8-15(12-22)10-16(9-14)13-22/h14-18H,2-13H2,1H3. The minimum atomic E-state index is -0.0251. The summed E-state index contributed by atoms with van der Waals surface area (Å²) in [5.74, 6) is 4.19. The zero-order valence-electron chi connectivity index (χ0n) is 17.0. The number of carbonyl (C=O) groups excluding carboxylic acids is 1. The summed E-state index contributed by atoms with van der Waals surface area (Å²) < 4.78 is 3.45. The summed E-state index contributed by atoms with van der Waals surface area (Å²) in [7, 11) is 1.76. The molecule has 28 heavy (non-hydrogen) atoms. The van der Waals surface area contributed by atoms with Crippen LogP contribution in [0.15, 0.2) is 4.79 Å². The maximum absolute atomic E-state index is 13.6. The molecule has 1 aliphatic heterocycles. The van der Waals surface area contributed by atoms with Gasteiger partial charge in [0.05, 0.1) is 5.41 Å². The fourth-order valence-corrected chi connectivity index (χ4v) is 7.50. The summed E-state index contributed by atoms with van der Waals surface area (Å²) >= 11 is 0. The van der Waals surface area contributed by atoms with E-state index in [1.165, 1.54) is 23.9 Å². The van der Waals surface area contributed by atoms with Crippen molar-refractivity contribution >= 4 is 5.91 Å². The third kappa shape index (κ3) is 2.55. The number of rotatable bonds is 3. The van der Waals surface area contributed by atoms with E-state index in [4.69, 9.17) is 0 Å². The van der Waals surface area contributed by atoms with Crippen molar-refractivity contribution in [2.45, 2.75) is 76.2 Å². The largest absolute Gasteiger partial charge is 0.345 e. The van der Waals surface area contributed by atoms with Crippen molar-refractivity contribution in [1.29, 1.82) is 0 Å². The Morgan fingerprint density at radius 3 is 2.07 bits per heavy atom. The molecular formula is C22H32N4O2. The minimum Gasteiger partial charge on any atom is -0.342 e. The smallest absolute Gasteiger partial charge is 0.342 e. The number of carbonyl (C=O) groups is 1. The lowest BCUT2D eigenvalue weighted by Crippen LogP contribution is -2.55. The van der Waals surface area contributed by atoms with E-state index in [-0.39, 0.29) is 11.1 Å². The predicted octanol–water partition coefficient (Wildman–Crippen LogP) is 2.84.